The lowest BCUT2D eigenvalue weighted by molar-refractivity contribution is 1.01. The van der Waals surface area contributed by atoms with Crippen molar-refractivity contribution in [3.05, 3.63) is 126 Å². The van der Waals surface area contributed by atoms with Gasteiger partial charge in [-0.2, -0.15) is 0 Å². The van der Waals surface area contributed by atoms with Gasteiger partial charge < -0.3 is 9.47 Å². The summed E-state index contributed by atoms with van der Waals surface area (Å²) in [4.78, 5) is 2.34. The molecule has 1 aromatic heterocycles. The summed E-state index contributed by atoms with van der Waals surface area (Å²) < 4.78 is 2.28. The van der Waals surface area contributed by atoms with Crippen LogP contribution in [0.25, 0.3) is 32.9 Å². The van der Waals surface area contributed by atoms with Crippen LogP contribution in [0.15, 0.2) is 109 Å². The summed E-state index contributed by atoms with van der Waals surface area (Å²) in [5.74, 6) is 0. The summed E-state index contributed by atoms with van der Waals surface area (Å²) in [6.07, 6.45) is 0. The quantitative estimate of drug-likeness (QED) is 0.251. The number of hydrogen-bond donors (Lipinski definition) is 0. The fourth-order valence-electron chi connectivity index (χ4n) is 5.28. The molecule has 0 spiro atoms. The van der Waals surface area contributed by atoms with Crippen molar-refractivity contribution in [2.75, 3.05) is 4.90 Å². The van der Waals surface area contributed by atoms with Gasteiger partial charge in [0.1, 0.15) is 0 Å². The zero-order valence-corrected chi connectivity index (χ0v) is 21.3. The number of fused-ring (bicyclic) bond motifs is 3. The second kappa shape index (κ2) is 8.73. The number of hydrogen-bond acceptors (Lipinski definition) is 1. The summed E-state index contributed by atoms with van der Waals surface area (Å²) in [6, 6.07) is 39.8. The molecule has 36 heavy (non-hydrogen) atoms. The van der Waals surface area contributed by atoms with Gasteiger partial charge in [-0.25, -0.2) is 0 Å². The number of rotatable bonds is 4. The van der Waals surface area contributed by atoms with E-state index in [0.29, 0.717) is 0 Å². The molecule has 0 saturated carbocycles. The molecular formula is C34H30N2. The van der Waals surface area contributed by atoms with E-state index in [4.69, 9.17) is 0 Å². The van der Waals surface area contributed by atoms with Crippen LogP contribution in [0, 0.1) is 20.8 Å². The van der Waals surface area contributed by atoms with Gasteiger partial charge in [0, 0.05) is 45.9 Å². The third kappa shape index (κ3) is 3.76. The highest BCUT2D eigenvalue weighted by atomic mass is 15.1. The molecule has 0 atom stereocenters. The van der Waals surface area contributed by atoms with E-state index in [1.54, 1.807) is 0 Å². The summed E-state index contributed by atoms with van der Waals surface area (Å²) >= 11 is 0. The molecule has 2 nitrogen and oxygen atoms in total. The molecular weight excluding hydrogens is 436 g/mol. The first-order valence-corrected chi connectivity index (χ1v) is 12.5. The molecule has 5 aromatic carbocycles. The highest BCUT2D eigenvalue weighted by molar-refractivity contribution is 6.09. The van der Waals surface area contributed by atoms with Gasteiger partial charge in [-0.05, 0) is 92.1 Å². The van der Waals surface area contributed by atoms with Gasteiger partial charge in [-0.15, -0.1) is 0 Å². The van der Waals surface area contributed by atoms with Crippen molar-refractivity contribution in [3.63, 3.8) is 0 Å². The first-order valence-electron chi connectivity index (χ1n) is 12.5. The van der Waals surface area contributed by atoms with Crippen LogP contribution in [0.4, 0.5) is 17.1 Å². The zero-order valence-electron chi connectivity index (χ0n) is 21.3. The molecule has 0 unspecified atom stereocenters. The average Bonchev–Trinajstić information content (AvgIpc) is 3.18. The standard InChI is InChI=1S/C34H30N2/c1-23-9-14-27(15-10-23)36(28-16-11-24(2)12-17-28)29-18-19-30(25(3)21-29)26-13-20-34-32(22-26)31-7-5-6-8-33(31)35(34)4/h5-22H,1-4H3. The Morgan fingerprint density at radius 2 is 1.11 bits per heavy atom. The van der Waals surface area contributed by atoms with E-state index in [2.05, 4.69) is 146 Å². The van der Waals surface area contributed by atoms with Crippen LogP contribution in [0.5, 0.6) is 0 Å². The number of benzene rings is 5. The van der Waals surface area contributed by atoms with E-state index in [1.807, 2.05) is 0 Å². The smallest absolute Gasteiger partial charge is 0.0489 e. The Morgan fingerprint density at radius 1 is 0.528 bits per heavy atom. The molecule has 0 fully saturated rings. The van der Waals surface area contributed by atoms with E-state index < -0.39 is 0 Å². The molecule has 0 aliphatic rings. The lowest BCUT2D eigenvalue weighted by atomic mass is 9.97. The molecule has 0 radical (unpaired) electrons. The molecule has 6 aromatic rings. The van der Waals surface area contributed by atoms with Gasteiger partial charge in [0.25, 0.3) is 0 Å². The molecule has 0 aliphatic carbocycles. The monoisotopic (exact) mass is 466 g/mol. The number of aryl methyl sites for hydroxylation is 4. The van der Waals surface area contributed by atoms with Gasteiger partial charge in [0.05, 0.1) is 0 Å². The summed E-state index contributed by atoms with van der Waals surface area (Å²) in [5, 5.41) is 2.60. The minimum atomic E-state index is 1.16. The van der Waals surface area contributed by atoms with E-state index >= 15 is 0 Å². The first-order chi connectivity index (χ1) is 17.5. The van der Waals surface area contributed by atoms with Crippen LogP contribution in [0.2, 0.25) is 0 Å². The Balaban J connectivity index is 1.46. The van der Waals surface area contributed by atoms with E-state index in [9.17, 15) is 0 Å². The van der Waals surface area contributed by atoms with Gasteiger partial charge in [-0.3, -0.25) is 0 Å². The molecule has 0 N–H and O–H groups in total. The largest absolute Gasteiger partial charge is 0.344 e. The third-order valence-corrected chi connectivity index (χ3v) is 7.28. The third-order valence-electron chi connectivity index (χ3n) is 7.28. The van der Waals surface area contributed by atoms with Crippen molar-refractivity contribution in [1.29, 1.82) is 0 Å². The van der Waals surface area contributed by atoms with E-state index in [-0.39, 0.29) is 0 Å². The summed E-state index contributed by atoms with van der Waals surface area (Å²) in [6.45, 7) is 6.48. The van der Waals surface area contributed by atoms with Gasteiger partial charge >= 0.3 is 0 Å². The van der Waals surface area contributed by atoms with Crippen LogP contribution < -0.4 is 4.90 Å². The zero-order chi connectivity index (χ0) is 24.8. The number of para-hydroxylation sites is 1. The molecule has 176 valence electrons. The predicted molar refractivity (Wildman–Crippen MR) is 155 cm³/mol. The Kier molecular flexibility index (Phi) is 5.38. The SMILES string of the molecule is Cc1ccc(N(c2ccc(C)cc2)c2ccc(-c3ccc4c(c3)c3ccccc3n4C)c(C)c2)cc1. The Labute approximate surface area is 213 Å². The molecule has 0 amide bonds. The maximum atomic E-state index is 2.34. The predicted octanol–water partition coefficient (Wildman–Crippen LogP) is 9.39. The fourth-order valence-corrected chi connectivity index (χ4v) is 5.28. The lowest BCUT2D eigenvalue weighted by Crippen LogP contribution is -2.10. The van der Waals surface area contributed by atoms with Gasteiger partial charge in [-0.1, -0.05) is 65.7 Å². The number of nitrogens with zero attached hydrogens (tertiary/aromatic N) is 2. The van der Waals surface area contributed by atoms with E-state index in [0.717, 1.165) is 17.1 Å². The van der Waals surface area contributed by atoms with Crippen molar-refractivity contribution < 1.29 is 0 Å². The van der Waals surface area contributed by atoms with Crippen LogP contribution in [-0.2, 0) is 7.05 Å². The van der Waals surface area contributed by atoms with Crippen LogP contribution in [0.1, 0.15) is 16.7 Å². The maximum Gasteiger partial charge on any atom is 0.0489 e. The van der Waals surface area contributed by atoms with Crippen LogP contribution in [-0.4, -0.2) is 4.57 Å². The van der Waals surface area contributed by atoms with Crippen LogP contribution in [0.3, 0.4) is 0 Å². The average molecular weight is 467 g/mol. The van der Waals surface area contributed by atoms with Crippen molar-refractivity contribution in [2.24, 2.45) is 7.05 Å². The summed E-state index contributed by atoms with van der Waals surface area (Å²) in [5.41, 5.74) is 12.3. The topological polar surface area (TPSA) is 8.17 Å². The summed E-state index contributed by atoms with van der Waals surface area (Å²) in [7, 11) is 2.15. The highest BCUT2D eigenvalue weighted by Crippen LogP contribution is 2.38. The molecule has 0 saturated heterocycles. The maximum absolute atomic E-state index is 2.34. The first kappa shape index (κ1) is 22.2. The molecule has 6 rings (SSSR count). The number of aromatic nitrogens is 1. The van der Waals surface area contributed by atoms with Crippen molar-refractivity contribution in [1.82, 2.24) is 4.57 Å². The Morgan fingerprint density at radius 3 is 1.75 bits per heavy atom. The highest BCUT2D eigenvalue weighted by Gasteiger charge is 2.15. The molecule has 0 bridgehead atoms. The Hall–Kier alpha value is -4.30. The second-order valence-corrected chi connectivity index (χ2v) is 9.81. The van der Waals surface area contributed by atoms with Crippen molar-refractivity contribution in [2.45, 2.75) is 20.8 Å². The van der Waals surface area contributed by atoms with E-state index in [1.165, 1.54) is 49.6 Å². The van der Waals surface area contributed by atoms with Gasteiger partial charge in [0.2, 0.25) is 0 Å². The molecule has 1 heterocycles. The minimum Gasteiger partial charge on any atom is -0.344 e. The van der Waals surface area contributed by atoms with Crippen molar-refractivity contribution in [3.8, 4) is 11.1 Å². The number of anilines is 3. The van der Waals surface area contributed by atoms with Gasteiger partial charge in [0.15, 0.2) is 0 Å². The lowest BCUT2D eigenvalue weighted by Gasteiger charge is -2.26. The fraction of sp³-hybridized carbons (Fsp3) is 0.118. The molecule has 2 heteroatoms. The molecule has 0 aliphatic heterocycles. The van der Waals surface area contributed by atoms with Crippen molar-refractivity contribution >= 4 is 38.9 Å². The Bertz CT molecular complexity index is 1660. The normalized spacial score (nSPS) is 11.3. The second-order valence-electron chi connectivity index (χ2n) is 9.81. The minimum absolute atomic E-state index is 1.16. The van der Waals surface area contributed by atoms with Crippen LogP contribution >= 0.6 is 0 Å².